The molecule has 0 spiro atoms. The van der Waals surface area contributed by atoms with Gasteiger partial charge in [-0.05, 0) is 12.3 Å². The molecule has 0 saturated heterocycles. The van der Waals surface area contributed by atoms with Crippen molar-refractivity contribution < 1.29 is 19.5 Å². The molecule has 1 aliphatic carbocycles. The normalized spacial score (nSPS) is 20.5. The van der Waals surface area contributed by atoms with E-state index in [2.05, 4.69) is 11.9 Å². The number of nitrogens with zero attached hydrogens (tertiary/aromatic N) is 1. The molecule has 1 aliphatic rings. The molecule has 2 amide bonds. The van der Waals surface area contributed by atoms with Gasteiger partial charge in [0.1, 0.15) is 6.54 Å². The van der Waals surface area contributed by atoms with E-state index >= 15 is 0 Å². The summed E-state index contributed by atoms with van der Waals surface area (Å²) in [6, 6.07) is 0. The molecule has 0 heterocycles. The van der Waals surface area contributed by atoms with Gasteiger partial charge in [-0.2, -0.15) is 0 Å². The van der Waals surface area contributed by atoms with Crippen LogP contribution in [-0.4, -0.2) is 47.4 Å². The molecule has 106 valence electrons. The molecule has 0 aromatic carbocycles. The second-order valence-corrected chi connectivity index (χ2v) is 4.82. The molecule has 1 saturated carbocycles. The van der Waals surface area contributed by atoms with Crippen LogP contribution in [0.25, 0.3) is 0 Å². The second kappa shape index (κ2) is 6.92. The molecule has 6 nitrogen and oxygen atoms in total. The molecule has 0 aromatic rings. The van der Waals surface area contributed by atoms with Crippen molar-refractivity contribution in [3.05, 3.63) is 12.7 Å². The first-order chi connectivity index (χ1) is 8.95. The lowest BCUT2D eigenvalue weighted by Gasteiger charge is -2.18. The van der Waals surface area contributed by atoms with Gasteiger partial charge in [0.25, 0.3) is 0 Å². The number of carboxylic acids is 1. The zero-order valence-electron chi connectivity index (χ0n) is 11.1. The Morgan fingerprint density at radius 2 is 2.11 bits per heavy atom. The summed E-state index contributed by atoms with van der Waals surface area (Å²) in [6.45, 7) is 5.58. The van der Waals surface area contributed by atoms with Crippen LogP contribution in [0.1, 0.15) is 19.8 Å². The third-order valence-electron chi connectivity index (χ3n) is 3.11. The number of hydrogen-bond donors (Lipinski definition) is 2. The van der Waals surface area contributed by atoms with E-state index in [1.54, 1.807) is 0 Å². The smallest absolute Gasteiger partial charge is 0.323 e. The Bertz CT molecular complexity index is 381. The van der Waals surface area contributed by atoms with E-state index in [0.717, 1.165) is 6.42 Å². The molecule has 2 unspecified atom stereocenters. The minimum atomic E-state index is -1.06. The monoisotopic (exact) mass is 268 g/mol. The molecule has 0 bridgehead atoms. The Kier molecular flexibility index (Phi) is 5.54. The van der Waals surface area contributed by atoms with Crippen molar-refractivity contribution in [3.8, 4) is 0 Å². The predicted octanol–water partition coefficient (Wildman–Crippen LogP) is 0.248. The van der Waals surface area contributed by atoms with E-state index in [9.17, 15) is 14.4 Å². The molecule has 19 heavy (non-hydrogen) atoms. The lowest BCUT2D eigenvalue weighted by atomic mass is 10.3. The topological polar surface area (TPSA) is 86.7 Å². The maximum absolute atomic E-state index is 11.8. The molecule has 2 N–H and O–H groups in total. The third-order valence-corrected chi connectivity index (χ3v) is 3.11. The first kappa shape index (κ1) is 15.2. The van der Waals surface area contributed by atoms with E-state index in [1.165, 1.54) is 11.0 Å². The van der Waals surface area contributed by atoms with Crippen LogP contribution in [0.4, 0.5) is 0 Å². The highest BCUT2D eigenvalue weighted by atomic mass is 16.4. The Morgan fingerprint density at radius 1 is 1.47 bits per heavy atom. The highest BCUT2D eigenvalue weighted by Gasteiger charge is 2.38. The molecule has 0 radical (unpaired) electrons. The lowest BCUT2D eigenvalue weighted by Crippen LogP contribution is -2.38. The molecular weight excluding hydrogens is 248 g/mol. The van der Waals surface area contributed by atoms with Crippen LogP contribution in [0, 0.1) is 11.8 Å². The third kappa shape index (κ3) is 5.11. The van der Waals surface area contributed by atoms with Crippen LogP contribution < -0.4 is 5.32 Å². The van der Waals surface area contributed by atoms with E-state index in [1.807, 2.05) is 6.92 Å². The van der Waals surface area contributed by atoms with Crippen molar-refractivity contribution in [2.75, 3.05) is 19.6 Å². The first-order valence-electron chi connectivity index (χ1n) is 6.34. The average Bonchev–Trinajstić information content (AvgIpc) is 3.05. The van der Waals surface area contributed by atoms with Crippen molar-refractivity contribution in [1.82, 2.24) is 10.2 Å². The Balaban J connectivity index is 2.29. The molecule has 2 atom stereocenters. The van der Waals surface area contributed by atoms with E-state index in [-0.39, 0.29) is 43.8 Å². The number of carbonyl (C=O) groups excluding carboxylic acids is 2. The fraction of sp³-hybridized carbons (Fsp3) is 0.615. The number of amides is 2. The van der Waals surface area contributed by atoms with Gasteiger partial charge in [-0.1, -0.05) is 13.0 Å². The van der Waals surface area contributed by atoms with Crippen molar-refractivity contribution >= 4 is 17.8 Å². The van der Waals surface area contributed by atoms with Crippen LogP contribution in [0.3, 0.4) is 0 Å². The van der Waals surface area contributed by atoms with Gasteiger partial charge in [0.05, 0.1) is 0 Å². The van der Waals surface area contributed by atoms with E-state index in [4.69, 9.17) is 5.11 Å². The minimum absolute atomic E-state index is 0.0196. The van der Waals surface area contributed by atoms with Crippen molar-refractivity contribution in [1.29, 1.82) is 0 Å². The van der Waals surface area contributed by atoms with E-state index in [0.29, 0.717) is 5.92 Å². The maximum atomic E-state index is 11.8. The Hall–Kier alpha value is -1.85. The van der Waals surface area contributed by atoms with Gasteiger partial charge in [-0.15, -0.1) is 6.58 Å². The quantitative estimate of drug-likeness (QED) is 0.618. The van der Waals surface area contributed by atoms with Crippen LogP contribution in [0.2, 0.25) is 0 Å². The molecule has 1 fully saturated rings. The lowest BCUT2D eigenvalue weighted by molar-refractivity contribution is -0.144. The van der Waals surface area contributed by atoms with Gasteiger partial charge in [0.2, 0.25) is 11.8 Å². The van der Waals surface area contributed by atoms with Crippen LogP contribution >= 0.6 is 0 Å². The molecular formula is C13H20N2O4. The fourth-order valence-electron chi connectivity index (χ4n) is 1.84. The van der Waals surface area contributed by atoms with Gasteiger partial charge in [0, 0.05) is 25.4 Å². The number of aliphatic carboxylic acids is 1. The molecule has 0 aliphatic heterocycles. The minimum Gasteiger partial charge on any atom is -0.480 e. The highest BCUT2D eigenvalue weighted by Crippen LogP contribution is 2.37. The van der Waals surface area contributed by atoms with Crippen LogP contribution in [-0.2, 0) is 14.4 Å². The second-order valence-electron chi connectivity index (χ2n) is 4.82. The zero-order valence-corrected chi connectivity index (χ0v) is 11.1. The number of carboxylic acid groups (broad SMARTS) is 1. The summed E-state index contributed by atoms with van der Waals surface area (Å²) in [5.41, 5.74) is 0. The van der Waals surface area contributed by atoms with Crippen molar-refractivity contribution in [2.24, 2.45) is 11.8 Å². The summed E-state index contributed by atoms with van der Waals surface area (Å²) >= 11 is 0. The predicted molar refractivity (Wildman–Crippen MR) is 69.3 cm³/mol. The van der Waals surface area contributed by atoms with Gasteiger partial charge in [-0.25, -0.2) is 0 Å². The summed E-state index contributed by atoms with van der Waals surface area (Å²) < 4.78 is 0. The number of carbonyl (C=O) groups is 3. The Morgan fingerprint density at radius 3 is 2.58 bits per heavy atom. The zero-order chi connectivity index (χ0) is 14.4. The summed E-state index contributed by atoms with van der Waals surface area (Å²) in [7, 11) is 0. The van der Waals surface area contributed by atoms with Crippen LogP contribution in [0.5, 0.6) is 0 Å². The SMILES string of the molecule is C=CCN(CC(=O)O)C(=O)CCNC(=O)C1CC1C. The first-order valence-corrected chi connectivity index (χ1v) is 6.34. The van der Waals surface area contributed by atoms with Gasteiger partial charge in [-0.3, -0.25) is 14.4 Å². The average molecular weight is 268 g/mol. The summed E-state index contributed by atoms with van der Waals surface area (Å²) in [5, 5.41) is 11.4. The van der Waals surface area contributed by atoms with Gasteiger partial charge in [0.15, 0.2) is 0 Å². The number of rotatable bonds is 8. The van der Waals surface area contributed by atoms with Crippen molar-refractivity contribution in [2.45, 2.75) is 19.8 Å². The van der Waals surface area contributed by atoms with Crippen LogP contribution in [0.15, 0.2) is 12.7 Å². The van der Waals surface area contributed by atoms with Gasteiger partial charge >= 0.3 is 5.97 Å². The standard InChI is InChI=1S/C13H20N2O4/c1-3-6-15(8-12(17)18)11(16)4-5-14-13(19)10-7-9(10)2/h3,9-10H,1,4-8H2,2H3,(H,14,19)(H,17,18). The molecule has 6 heteroatoms. The highest BCUT2D eigenvalue weighted by molar-refractivity contribution is 5.83. The van der Waals surface area contributed by atoms with E-state index < -0.39 is 5.97 Å². The summed E-state index contributed by atoms with van der Waals surface area (Å²) in [4.78, 5) is 35.1. The molecule has 1 rings (SSSR count). The number of hydrogen-bond acceptors (Lipinski definition) is 3. The summed E-state index contributed by atoms with van der Waals surface area (Å²) in [6.07, 6.45) is 2.49. The Labute approximate surface area is 112 Å². The number of nitrogens with one attached hydrogen (secondary N) is 1. The fourth-order valence-corrected chi connectivity index (χ4v) is 1.84. The summed E-state index contributed by atoms with van der Waals surface area (Å²) in [5.74, 6) is -0.871. The van der Waals surface area contributed by atoms with Crippen molar-refractivity contribution in [3.63, 3.8) is 0 Å². The van der Waals surface area contributed by atoms with Gasteiger partial charge < -0.3 is 15.3 Å². The molecule has 0 aromatic heterocycles. The maximum Gasteiger partial charge on any atom is 0.323 e. The largest absolute Gasteiger partial charge is 0.480 e.